The summed E-state index contributed by atoms with van der Waals surface area (Å²) in [4.78, 5) is 41.6. The summed E-state index contributed by atoms with van der Waals surface area (Å²) in [5.41, 5.74) is 14.9. The SMILES string of the molecule is NC(=O)c1ccc(-c2cccs2)cc1C(Cc1ccc(N)cc1)C(=O)N1CCC2OCC(=O)C21. The molecule has 34 heavy (non-hydrogen) atoms. The van der Waals surface area contributed by atoms with E-state index in [4.69, 9.17) is 16.2 Å². The highest BCUT2D eigenvalue weighted by Gasteiger charge is 2.48. The molecule has 3 aromatic rings. The number of hydrogen-bond donors (Lipinski definition) is 2. The Morgan fingerprint density at radius 3 is 2.65 bits per heavy atom. The van der Waals surface area contributed by atoms with Gasteiger partial charge in [-0.05, 0) is 65.2 Å². The predicted octanol–water partition coefficient (Wildman–Crippen LogP) is 2.99. The number of likely N-dealkylation sites (tertiary alicyclic amines) is 1. The molecule has 0 radical (unpaired) electrons. The summed E-state index contributed by atoms with van der Waals surface area (Å²) in [6.45, 7) is 0.469. The van der Waals surface area contributed by atoms with Gasteiger partial charge in [-0.1, -0.05) is 24.3 Å². The number of thiophene rings is 1. The molecule has 2 aliphatic heterocycles. The number of nitrogens with zero attached hydrogens (tertiary/aromatic N) is 1. The van der Waals surface area contributed by atoms with Crippen molar-refractivity contribution in [3.63, 3.8) is 0 Å². The molecule has 3 heterocycles. The van der Waals surface area contributed by atoms with Crippen LogP contribution in [0.3, 0.4) is 0 Å². The number of hydrogen-bond acceptors (Lipinski definition) is 6. The third-order valence-electron chi connectivity index (χ3n) is 6.61. The van der Waals surface area contributed by atoms with Gasteiger partial charge in [-0.2, -0.15) is 0 Å². The molecule has 2 aromatic carbocycles. The topological polar surface area (TPSA) is 116 Å². The number of anilines is 1. The van der Waals surface area contributed by atoms with Gasteiger partial charge in [0, 0.05) is 22.7 Å². The first kappa shape index (κ1) is 22.3. The lowest BCUT2D eigenvalue weighted by molar-refractivity contribution is -0.137. The molecule has 0 aliphatic carbocycles. The molecule has 2 fully saturated rings. The minimum atomic E-state index is -0.696. The zero-order valence-electron chi connectivity index (χ0n) is 18.5. The van der Waals surface area contributed by atoms with E-state index in [1.807, 2.05) is 41.8 Å². The molecule has 1 aromatic heterocycles. The van der Waals surface area contributed by atoms with Crippen LogP contribution in [0.25, 0.3) is 10.4 Å². The minimum Gasteiger partial charge on any atom is -0.399 e. The number of nitrogen functional groups attached to an aromatic ring is 1. The van der Waals surface area contributed by atoms with Crippen molar-refractivity contribution in [2.45, 2.75) is 30.9 Å². The van der Waals surface area contributed by atoms with E-state index in [1.165, 1.54) is 0 Å². The summed E-state index contributed by atoms with van der Waals surface area (Å²) >= 11 is 1.58. The van der Waals surface area contributed by atoms with Gasteiger partial charge in [-0.25, -0.2) is 0 Å². The van der Waals surface area contributed by atoms with Crippen molar-refractivity contribution >= 4 is 34.6 Å². The Labute approximate surface area is 201 Å². The largest absolute Gasteiger partial charge is 0.399 e. The molecule has 8 heteroatoms. The zero-order chi connectivity index (χ0) is 23.8. The van der Waals surface area contributed by atoms with E-state index in [1.54, 1.807) is 34.4 Å². The van der Waals surface area contributed by atoms with Crippen LogP contribution < -0.4 is 11.5 Å². The molecule has 0 bridgehead atoms. The number of nitrogens with two attached hydrogens (primary N) is 2. The Hall–Kier alpha value is -3.49. The Kier molecular flexibility index (Phi) is 5.93. The summed E-state index contributed by atoms with van der Waals surface area (Å²) in [6, 6.07) is 16.1. The van der Waals surface area contributed by atoms with Crippen molar-refractivity contribution in [2.24, 2.45) is 5.73 Å². The molecule has 3 unspecified atom stereocenters. The average Bonchev–Trinajstić information content (AvgIpc) is 3.58. The van der Waals surface area contributed by atoms with Gasteiger partial charge >= 0.3 is 0 Å². The van der Waals surface area contributed by atoms with Crippen molar-refractivity contribution in [1.82, 2.24) is 4.90 Å². The fourth-order valence-corrected chi connectivity index (χ4v) is 5.66. The Morgan fingerprint density at radius 1 is 1.15 bits per heavy atom. The molecule has 2 amide bonds. The molecule has 2 aliphatic rings. The van der Waals surface area contributed by atoms with Gasteiger partial charge in [0.25, 0.3) is 0 Å². The zero-order valence-corrected chi connectivity index (χ0v) is 19.3. The number of rotatable bonds is 6. The summed E-state index contributed by atoms with van der Waals surface area (Å²) in [7, 11) is 0. The number of primary amides is 1. The highest BCUT2D eigenvalue weighted by molar-refractivity contribution is 7.13. The Morgan fingerprint density at radius 2 is 1.94 bits per heavy atom. The van der Waals surface area contributed by atoms with Crippen LogP contribution in [0, 0.1) is 0 Å². The number of ketones is 1. The van der Waals surface area contributed by atoms with Gasteiger partial charge in [-0.15, -0.1) is 11.3 Å². The smallest absolute Gasteiger partial charge is 0.249 e. The number of amides is 2. The van der Waals surface area contributed by atoms with E-state index >= 15 is 0 Å². The fraction of sp³-hybridized carbons (Fsp3) is 0.269. The van der Waals surface area contributed by atoms with E-state index in [-0.39, 0.29) is 24.4 Å². The van der Waals surface area contributed by atoms with E-state index < -0.39 is 17.9 Å². The first-order valence-corrected chi connectivity index (χ1v) is 12.1. The fourth-order valence-electron chi connectivity index (χ4n) is 4.93. The second kappa shape index (κ2) is 9.04. The van der Waals surface area contributed by atoms with E-state index in [2.05, 4.69) is 0 Å². The van der Waals surface area contributed by atoms with Gasteiger partial charge < -0.3 is 21.1 Å². The van der Waals surface area contributed by atoms with Gasteiger partial charge in [0.05, 0.1) is 12.0 Å². The monoisotopic (exact) mass is 475 g/mol. The number of ether oxygens (including phenoxy) is 1. The molecule has 5 rings (SSSR count). The standard InChI is InChI=1S/C26H25N3O4S/c27-17-6-3-15(4-7-17)12-20(26(32)29-10-9-22-24(29)21(30)14-33-22)19-13-16(23-2-1-11-34-23)5-8-18(19)25(28)31/h1-8,11,13,20,22,24H,9-10,12,14,27H2,(H2,28,31). The molecule has 4 N–H and O–H groups in total. The van der Waals surface area contributed by atoms with Crippen molar-refractivity contribution < 1.29 is 19.1 Å². The van der Waals surface area contributed by atoms with E-state index in [9.17, 15) is 14.4 Å². The maximum absolute atomic E-state index is 14.0. The molecule has 2 saturated heterocycles. The highest BCUT2D eigenvalue weighted by atomic mass is 32.1. The lowest BCUT2D eigenvalue weighted by Crippen LogP contribution is -2.44. The quantitative estimate of drug-likeness (QED) is 0.532. The van der Waals surface area contributed by atoms with Crippen molar-refractivity contribution in [1.29, 1.82) is 0 Å². The molecule has 174 valence electrons. The Balaban J connectivity index is 1.60. The Bertz CT molecular complexity index is 1240. The van der Waals surface area contributed by atoms with Crippen LogP contribution >= 0.6 is 11.3 Å². The number of Topliss-reactive ketones (excluding diaryl/α,β-unsaturated/α-hetero) is 1. The highest BCUT2D eigenvalue weighted by Crippen LogP contribution is 2.36. The third-order valence-corrected chi connectivity index (χ3v) is 7.53. The van der Waals surface area contributed by atoms with Crippen molar-refractivity contribution in [2.75, 3.05) is 18.9 Å². The first-order chi connectivity index (χ1) is 16.4. The molecular weight excluding hydrogens is 450 g/mol. The van der Waals surface area contributed by atoms with E-state index in [0.717, 1.165) is 16.0 Å². The number of carbonyl (C=O) groups excluding carboxylic acids is 3. The maximum atomic E-state index is 14.0. The number of carbonyl (C=O) groups is 3. The van der Waals surface area contributed by atoms with Crippen LogP contribution in [-0.2, 0) is 20.7 Å². The summed E-state index contributed by atoms with van der Waals surface area (Å²) in [6.07, 6.45) is 0.701. The molecule has 0 saturated carbocycles. The third kappa shape index (κ3) is 4.10. The average molecular weight is 476 g/mol. The van der Waals surface area contributed by atoms with Gasteiger partial charge in [0.1, 0.15) is 12.6 Å². The van der Waals surface area contributed by atoms with Gasteiger partial charge in [0.15, 0.2) is 5.78 Å². The van der Waals surface area contributed by atoms with Crippen LogP contribution in [0.5, 0.6) is 0 Å². The van der Waals surface area contributed by atoms with Crippen LogP contribution in [0.15, 0.2) is 60.0 Å². The van der Waals surface area contributed by atoms with Crippen molar-refractivity contribution in [3.8, 4) is 10.4 Å². The number of fused-ring (bicyclic) bond motifs is 1. The van der Waals surface area contributed by atoms with Crippen LogP contribution in [0.2, 0.25) is 0 Å². The summed E-state index contributed by atoms with van der Waals surface area (Å²) in [5, 5.41) is 1.98. The summed E-state index contributed by atoms with van der Waals surface area (Å²) < 4.78 is 5.59. The van der Waals surface area contributed by atoms with Gasteiger partial charge in [0.2, 0.25) is 11.8 Å². The second-order valence-electron chi connectivity index (χ2n) is 8.72. The number of benzene rings is 2. The summed E-state index contributed by atoms with van der Waals surface area (Å²) in [5.74, 6) is -1.57. The first-order valence-electron chi connectivity index (χ1n) is 11.2. The molecule has 0 spiro atoms. The second-order valence-corrected chi connectivity index (χ2v) is 9.67. The lowest BCUT2D eigenvalue weighted by atomic mass is 9.85. The maximum Gasteiger partial charge on any atom is 0.249 e. The molecule has 3 atom stereocenters. The van der Waals surface area contributed by atoms with Crippen LogP contribution in [0.4, 0.5) is 5.69 Å². The van der Waals surface area contributed by atoms with Crippen LogP contribution in [-0.4, -0.2) is 47.8 Å². The van der Waals surface area contributed by atoms with Crippen molar-refractivity contribution in [3.05, 3.63) is 76.7 Å². The van der Waals surface area contributed by atoms with Crippen LogP contribution in [0.1, 0.15) is 33.8 Å². The molecule has 7 nitrogen and oxygen atoms in total. The van der Waals surface area contributed by atoms with E-state index in [0.29, 0.717) is 36.2 Å². The minimum absolute atomic E-state index is 0.0299. The lowest BCUT2D eigenvalue weighted by Gasteiger charge is -2.28. The normalized spacial score (nSPS) is 20.4. The molecular formula is C26H25N3O4S. The van der Waals surface area contributed by atoms with Gasteiger partial charge in [-0.3, -0.25) is 14.4 Å². The predicted molar refractivity (Wildman–Crippen MR) is 130 cm³/mol.